The third-order valence-electron chi connectivity index (χ3n) is 4.37. The highest BCUT2D eigenvalue weighted by atomic mass is 19.1. The van der Waals surface area contributed by atoms with Gasteiger partial charge in [0.1, 0.15) is 17.2 Å². The molecule has 108 valence electrons. The Balaban J connectivity index is 2.16. The van der Waals surface area contributed by atoms with Crippen molar-refractivity contribution in [2.45, 2.75) is 31.4 Å². The molecule has 1 N–H and O–H groups in total. The predicted octanol–water partition coefficient (Wildman–Crippen LogP) is 3.01. The molecule has 0 aliphatic carbocycles. The lowest BCUT2D eigenvalue weighted by Crippen LogP contribution is -2.46. The number of likely N-dealkylation sites (tertiary alicyclic amines) is 1. The molecule has 2 atom stereocenters. The summed E-state index contributed by atoms with van der Waals surface area (Å²) in [4.78, 5) is 2.11. The summed E-state index contributed by atoms with van der Waals surface area (Å²) in [6, 6.07) is 2.40. The van der Waals surface area contributed by atoms with Crippen LogP contribution in [0.1, 0.15) is 25.3 Å². The van der Waals surface area contributed by atoms with Crippen LogP contribution in [0.25, 0.3) is 11.0 Å². The van der Waals surface area contributed by atoms with Crippen molar-refractivity contribution in [1.82, 2.24) is 4.90 Å². The highest BCUT2D eigenvalue weighted by Crippen LogP contribution is 2.41. The van der Waals surface area contributed by atoms with E-state index < -0.39 is 17.2 Å². The average molecular weight is 281 g/mol. The summed E-state index contributed by atoms with van der Waals surface area (Å²) in [5.74, 6) is -1.41. The van der Waals surface area contributed by atoms with E-state index in [1.807, 2.05) is 14.0 Å². The van der Waals surface area contributed by atoms with Crippen LogP contribution in [0.5, 0.6) is 0 Å². The van der Waals surface area contributed by atoms with E-state index in [0.29, 0.717) is 19.4 Å². The van der Waals surface area contributed by atoms with Crippen molar-refractivity contribution in [3.63, 3.8) is 0 Å². The van der Waals surface area contributed by atoms with Crippen molar-refractivity contribution in [2.24, 2.45) is 0 Å². The van der Waals surface area contributed by atoms with Gasteiger partial charge < -0.3 is 14.4 Å². The van der Waals surface area contributed by atoms with Crippen molar-refractivity contribution in [1.29, 1.82) is 0 Å². The first-order valence-corrected chi connectivity index (χ1v) is 6.71. The van der Waals surface area contributed by atoms with Gasteiger partial charge in [-0.15, -0.1) is 0 Å². The monoisotopic (exact) mass is 281 g/mol. The Morgan fingerprint density at radius 2 is 2.15 bits per heavy atom. The minimum Gasteiger partial charge on any atom is -0.464 e. The SMILES string of the molecule is CC1CC(O)(c2c(F)cc(F)c3ccoc23)CCN1C. The molecule has 2 heterocycles. The molecular formula is C15H17F2NO2. The molecule has 1 aliphatic heterocycles. The summed E-state index contributed by atoms with van der Waals surface area (Å²) < 4.78 is 33.2. The predicted molar refractivity (Wildman–Crippen MR) is 71.4 cm³/mol. The highest BCUT2D eigenvalue weighted by Gasteiger charge is 2.41. The standard InChI is InChI=1S/C15H17F2NO2/c1-9-8-15(19,4-5-18(9)2)13-12(17)7-11(16)10-3-6-20-14(10)13/h3,6-7,9,19H,4-5,8H2,1-2H3. The molecule has 1 aromatic heterocycles. The fraction of sp³-hybridized carbons (Fsp3) is 0.467. The molecule has 1 aliphatic rings. The zero-order valence-corrected chi connectivity index (χ0v) is 11.5. The number of hydrogen-bond donors (Lipinski definition) is 1. The summed E-state index contributed by atoms with van der Waals surface area (Å²) in [7, 11) is 1.97. The van der Waals surface area contributed by atoms with Crippen LogP contribution in [0.4, 0.5) is 8.78 Å². The molecule has 0 saturated carbocycles. The number of hydrogen-bond acceptors (Lipinski definition) is 3. The molecule has 0 amide bonds. The van der Waals surface area contributed by atoms with Gasteiger partial charge in [0.2, 0.25) is 0 Å². The van der Waals surface area contributed by atoms with Crippen molar-refractivity contribution >= 4 is 11.0 Å². The van der Waals surface area contributed by atoms with Crippen LogP contribution in [0.15, 0.2) is 22.8 Å². The van der Waals surface area contributed by atoms with Crippen LogP contribution < -0.4 is 0 Å². The lowest BCUT2D eigenvalue weighted by atomic mass is 9.80. The van der Waals surface area contributed by atoms with Gasteiger partial charge in [0.15, 0.2) is 0 Å². The van der Waals surface area contributed by atoms with Gasteiger partial charge in [-0.05, 0) is 32.9 Å². The number of piperidine rings is 1. The minimum absolute atomic E-state index is 0.0823. The van der Waals surface area contributed by atoms with E-state index in [1.165, 1.54) is 12.3 Å². The summed E-state index contributed by atoms with van der Waals surface area (Å²) in [5, 5.41) is 11.1. The summed E-state index contributed by atoms with van der Waals surface area (Å²) in [5.41, 5.74) is -1.12. The lowest BCUT2D eigenvalue weighted by molar-refractivity contribution is -0.0426. The summed E-state index contributed by atoms with van der Waals surface area (Å²) >= 11 is 0. The Bertz CT molecular complexity index is 655. The van der Waals surface area contributed by atoms with Crippen LogP contribution in [0.2, 0.25) is 0 Å². The fourth-order valence-corrected chi connectivity index (χ4v) is 3.05. The number of benzene rings is 1. The first kappa shape index (κ1) is 13.5. The van der Waals surface area contributed by atoms with E-state index in [9.17, 15) is 13.9 Å². The molecule has 20 heavy (non-hydrogen) atoms. The molecule has 1 fully saturated rings. The maximum Gasteiger partial charge on any atom is 0.145 e. The Hall–Kier alpha value is -1.46. The van der Waals surface area contributed by atoms with E-state index in [1.54, 1.807) is 0 Å². The maximum absolute atomic E-state index is 14.2. The topological polar surface area (TPSA) is 36.6 Å². The van der Waals surface area contributed by atoms with E-state index in [4.69, 9.17) is 4.42 Å². The van der Waals surface area contributed by atoms with Crippen LogP contribution >= 0.6 is 0 Å². The van der Waals surface area contributed by atoms with Gasteiger partial charge in [0, 0.05) is 18.7 Å². The number of nitrogens with zero attached hydrogens (tertiary/aromatic N) is 1. The zero-order chi connectivity index (χ0) is 14.5. The first-order valence-electron chi connectivity index (χ1n) is 6.71. The Kier molecular flexibility index (Phi) is 3.06. The van der Waals surface area contributed by atoms with E-state index in [-0.39, 0.29) is 22.6 Å². The quantitative estimate of drug-likeness (QED) is 0.873. The van der Waals surface area contributed by atoms with E-state index >= 15 is 0 Å². The van der Waals surface area contributed by atoms with Crippen LogP contribution in [0.3, 0.4) is 0 Å². The number of aliphatic hydroxyl groups is 1. The third kappa shape index (κ3) is 1.93. The average Bonchev–Trinajstić information content (AvgIpc) is 2.83. The van der Waals surface area contributed by atoms with Gasteiger partial charge in [-0.25, -0.2) is 8.78 Å². The molecule has 1 saturated heterocycles. The van der Waals surface area contributed by atoms with Gasteiger partial charge in [-0.1, -0.05) is 0 Å². The molecule has 2 unspecified atom stereocenters. The zero-order valence-electron chi connectivity index (χ0n) is 11.5. The van der Waals surface area contributed by atoms with Gasteiger partial charge >= 0.3 is 0 Å². The van der Waals surface area contributed by atoms with Gasteiger partial charge in [0.25, 0.3) is 0 Å². The van der Waals surface area contributed by atoms with Gasteiger partial charge in [0.05, 0.1) is 22.8 Å². The van der Waals surface area contributed by atoms with Crippen LogP contribution in [0, 0.1) is 11.6 Å². The van der Waals surface area contributed by atoms with Gasteiger partial charge in [-0.2, -0.15) is 0 Å². The van der Waals surface area contributed by atoms with Crippen molar-refractivity contribution in [3.05, 3.63) is 35.6 Å². The number of fused-ring (bicyclic) bond motifs is 1. The molecule has 2 aromatic rings. The second-order valence-corrected chi connectivity index (χ2v) is 5.69. The molecular weight excluding hydrogens is 264 g/mol. The molecule has 3 rings (SSSR count). The first-order chi connectivity index (χ1) is 9.42. The summed E-state index contributed by atoms with van der Waals surface area (Å²) in [6.45, 7) is 2.63. The van der Waals surface area contributed by atoms with E-state index in [2.05, 4.69) is 4.90 Å². The molecule has 3 nitrogen and oxygen atoms in total. The summed E-state index contributed by atoms with van der Waals surface area (Å²) in [6.07, 6.45) is 2.10. The Labute approximate surface area is 115 Å². The molecule has 0 radical (unpaired) electrons. The minimum atomic E-state index is -1.32. The van der Waals surface area contributed by atoms with Crippen LogP contribution in [-0.4, -0.2) is 29.6 Å². The Morgan fingerprint density at radius 3 is 2.85 bits per heavy atom. The largest absolute Gasteiger partial charge is 0.464 e. The second-order valence-electron chi connectivity index (χ2n) is 5.69. The van der Waals surface area contributed by atoms with Crippen molar-refractivity contribution < 1.29 is 18.3 Å². The number of furan rings is 1. The number of halogens is 2. The molecule has 0 spiro atoms. The third-order valence-corrected chi connectivity index (χ3v) is 4.37. The van der Waals surface area contributed by atoms with E-state index in [0.717, 1.165) is 6.07 Å². The highest BCUT2D eigenvalue weighted by molar-refractivity contribution is 5.82. The van der Waals surface area contributed by atoms with Crippen molar-refractivity contribution in [3.8, 4) is 0 Å². The molecule has 0 bridgehead atoms. The fourth-order valence-electron chi connectivity index (χ4n) is 3.05. The smallest absolute Gasteiger partial charge is 0.145 e. The number of rotatable bonds is 1. The second kappa shape index (κ2) is 4.53. The van der Waals surface area contributed by atoms with Gasteiger partial charge in [-0.3, -0.25) is 0 Å². The van der Waals surface area contributed by atoms with Crippen molar-refractivity contribution in [2.75, 3.05) is 13.6 Å². The lowest BCUT2D eigenvalue weighted by Gasteiger charge is -2.41. The molecule has 1 aromatic carbocycles. The molecule has 5 heteroatoms. The normalized spacial score (nSPS) is 28.1. The van der Waals surface area contributed by atoms with Crippen LogP contribution in [-0.2, 0) is 5.60 Å². The Morgan fingerprint density at radius 1 is 1.40 bits per heavy atom. The maximum atomic E-state index is 14.2.